The third-order valence-electron chi connectivity index (χ3n) is 5.40. The van der Waals surface area contributed by atoms with E-state index >= 15 is 0 Å². The van der Waals surface area contributed by atoms with Crippen LogP contribution in [-0.2, 0) is 16.6 Å². The summed E-state index contributed by atoms with van der Waals surface area (Å²) in [6.07, 6.45) is 4.65. The van der Waals surface area contributed by atoms with Crippen molar-refractivity contribution in [3.05, 3.63) is 53.8 Å². The van der Waals surface area contributed by atoms with Gasteiger partial charge in [-0.3, -0.25) is 4.98 Å². The summed E-state index contributed by atoms with van der Waals surface area (Å²) in [5.41, 5.74) is 3.76. The number of pyridine rings is 1. The Bertz CT molecular complexity index is 1090. The second-order valence-electron chi connectivity index (χ2n) is 7.39. The van der Waals surface area contributed by atoms with Gasteiger partial charge in [-0.1, -0.05) is 6.07 Å². The summed E-state index contributed by atoms with van der Waals surface area (Å²) in [6, 6.07) is 9.62. The van der Waals surface area contributed by atoms with Crippen LogP contribution in [0.25, 0.3) is 10.2 Å². The number of hydrogen-bond acceptors (Lipinski definition) is 7. The van der Waals surface area contributed by atoms with Gasteiger partial charge >= 0.3 is 0 Å². The minimum Gasteiger partial charge on any atom is -0.309 e. The molecule has 2 aliphatic rings. The predicted molar refractivity (Wildman–Crippen MR) is 113 cm³/mol. The smallest absolute Gasteiger partial charge is 0.243 e. The summed E-state index contributed by atoms with van der Waals surface area (Å²) in [4.78, 5) is 8.74. The van der Waals surface area contributed by atoms with E-state index in [0.717, 1.165) is 28.9 Å². The van der Waals surface area contributed by atoms with Crippen LogP contribution in [0.4, 0.5) is 0 Å². The van der Waals surface area contributed by atoms with Gasteiger partial charge in [-0.15, -0.1) is 11.3 Å². The zero-order chi connectivity index (χ0) is 19.2. The van der Waals surface area contributed by atoms with Crippen molar-refractivity contribution in [2.75, 3.05) is 18.8 Å². The van der Waals surface area contributed by atoms with Gasteiger partial charge in [0.25, 0.3) is 0 Å². The number of sulfonamides is 1. The van der Waals surface area contributed by atoms with E-state index in [1.807, 2.05) is 24.0 Å². The normalized spacial score (nSPS) is 21.9. The largest absolute Gasteiger partial charge is 0.309 e. The fraction of sp³-hybridized carbons (Fsp3) is 0.368. The van der Waals surface area contributed by atoms with Crippen LogP contribution in [0, 0.1) is 0 Å². The van der Waals surface area contributed by atoms with Gasteiger partial charge < -0.3 is 5.32 Å². The van der Waals surface area contributed by atoms with Crippen molar-refractivity contribution < 1.29 is 8.42 Å². The minimum absolute atomic E-state index is 0.0499. The number of rotatable bonds is 5. The van der Waals surface area contributed by atoms with Crippen molar-refractivity contribution in [2.24, 2.45) is 0 Å². The predicted octanol–water partition coefficient (Wildman–Crippen LogP) is 2.73. The molecule has 0 bridgehead atoms. The number of aromatic nitrogens is 2. The molecule has 1 aromatic carbocycles. The molecule has 0 saturated carbocycles. The van der Waals surface area contributed by atoms with Gasteiger partial charge in [0, 0.05) is 48.6 Å². The van der Waals surface area contributed by atoms with E-state index in [9.17, 15) is 8.42 Å². The molecule has 4 heterocycles. The maximum Gasteiger partial charge on any atom is 0.243 e. The Morgan fingerprint density at radius 2 is 2.18 bits per heavy atom. The molecule has 1 unspecified atom stereocenters. The maximum absolute atomic E-state index is 13.0. The van der Waals surface area contributed by atoms with E-state index in [1.54, 1.807) is 34.2 Å². The molecular weight excluding hydrogens is 412 g/mol. The number of hydrogen-bond donors (Lipinski definition) is 1. The highest BCUT2D eigenvalue weighted by Crippen LogP contribution is 2.47. The highest BCUT2D eigenvalue weighted by atomic mass is 32.2. The average molecular weight is 433 g/mol. The Kier molecular flexibility index (Phi) is 4.67. The Balaban J connectivity index is 1.21. The number of nitrogens with one attached hydrogen (secondary N) is 1. The first kappa shape index (κ1) is 18.5. The molecule has 5 rings (SSSR count). The maximum atomic E-state index is 13.0. The quantitative estimate of drug-likeness (QED) is 0.668. The fourth-order valence-corrected chi connectivity index (χ4v) is 8.07. The molecular formula is C19H20N4O2S3. The first-order valence-electron chi connectivity index (χ1n) is 9.14. The van der Waals surface area contributed by atoms with Crippen molar-refractivity contribution >= 4 is 43.3 Å². The van der Waals surface area contributed by atoms with Crippen molar-refractivity contribution in [3.8, 4) is 0 Å². The number of thiazole rings is 1. The van der Waals surface area contributed by atoms with Gasteiger partial charge in [-0.2, -0.15) is 16.1 Å². The Labute approximate surface area is 172 Å². The second kappa shape index (κ2) is 7.07. The van der Waals surface area contributed by atoms with Crippen LogP contribution >= 0.6 is 23.1 Å². The lowest BCUT2D eigenvalue weighted by Crippen LogP contribution is -2.60. The van der Waals surface area contributed by atoms with Crippen LogP contribution < -0.4 is 5.32 Å². The molecule has 2 aromatic heterocycles. The Hall–Kier alpha value is -1.52. The molecule has 1 spiro atoms. The zero-order valence-corrected chi connectivity index (χ0v) is 17.6. The van der Waals surface area contributed by atoms with Crippen LogP contribution in [0.5, 0.6) is 0 Å². The molecule has 0 radical (unpaired) electrons. The van der Waals surface area contributed by atoms with E-state index < -0.39 is 10.0 Å². The summed E-state index contributed by atoms with van der Waals surface area (Å²) in [6.45, 7) is 1.98. The van der Waals surface area contributed by atoms with E-state index in [0.29, 0.717) is 24.0 Å². The van der Waals surface area contributed by atoms with Gasteiger partial charge in [0.2, 0.25) is 10.0 Å². The summed E-state index contributed by atoms with van der Waals surface area (Å²) in [5, 5.41) is 3.59. The van der Waals surface area contributed by atoms with Crippen LogP contribution in [-0.4, -0.2) is 52.3 Å². The Morgan fingerprint density at radius 1 is 1.29 bits per heavy atom. The van der Waals surface area contributed by atoms with Crippen LogP contribution in [0.3, 0.4) is 0 Å². The summed E-state index contributed by atoms with van der Waals surface area (Å²) >= 11 is 3.37. The third-order valence-corrected chi connectivity index (χ3v) is 9.58. The van der Waals surface area contributed by atoms with Crippen LogP contribution in [0.1, 0.15) is 12.0 Å². The van der Waals surface area contributed by atoms with E-state index in [2.05, 4.69) is 21.4 Å². The number of fused-ring (bicyclic) bond motifs is 1. The van der Waals surface area contributed by atoms with E-state index in [-0.39, 0.29) is 4.75 Å². The summed E-state index contributed by atoms with van der Waals surface area (Å²) in [7, 11) is -3.44. The fourth-order valence-electron chi connectivity index (χ4n) is 3.87. The van der Waals surface area contributed by atoms with Gasteiger partial charge in [0.05, 0.1) is 20.6 Å². The van der Waals surface area contributed by atoms with Crippen molar-refractivity contribution in [1.29, 1.82) is 0 Å². The molecule has 2 fully saturated rings. The molecule has 6 nitrogen and oxygen atoms in total. The molecule has 28 heavy (non-hydrogen) atoms. The van der Waals surface area contributed by atoms with E-state index in [4.69, 9.17) is 0 Å². The second-order valence-corrected chi connectivity index (χ2v) is 11.7. The average Bonchev–Trinajstić information content (AvgIpc) is 3.32. The first-order valence-corrected chi connectivity index (χ1v) is 12.4. The van der Waals surface area contributed by atoms with Crippen LogP contribution in [0.15, 0.2) is 53.1 Å². The highest BCUT2D eigenvalue weighted by Gasteiger charge is 2.52. The number of thioether (sulfide) groups is 1. The molecule has 1 atom stereocenters. The van der Waals surface area contributed by atoms with Crippen molar-refractivity contribution in [3.63, 3.8) is 0 Å². The molecule has 2 aliphatic heterocycles. The summed E-state index contributed by atoms with van der Waals surface area (Å²) < 4.78 is 28.6. The van der Waals surface area contributed by atoms with Crippen LogP contribution in [0.2, 0.25) is 0 Å². The Morgan fingerprint density at radius 3 is 3.00 bits per heavy atom. The van der Waals surface area contributed by atoms with Gasteiger partial charge in [0.15, 0.2) is 0 Å². The number of benzene rings is 1. The first-order chi connectivity index (χ1) is 13.5. The number of nitrogens with zero attached hydrogens (tertiary/aromatic N) is 3. The van der Waals surface area contributed by atoms with Gasteiger partial charge in [-0.05, 0) is 36.2 Å². The molecule has 9 heteroatoms. The van der Waals surface area contributed by atoms with Crippen molar-refractivity contribution in [2.45, 2.75) is 28.6 Å². The SMILES string of the molecule is O=S(=O)(c1ccc2ncsc2c1)N1CC2(CC(NCc3cccnc3)CS2)C1. The lowest BCUT2D eigenvalue weighted by Gasteiger charge is -2.46. The zero-order valence-electron chi connectivity index (χ0n) is 15.1. The van der Waals surface area contributed by atoms with Gasteiger partial charge in [-0.25, -0.2) is 13.4 Å². The molecule has 0 amide bonds. The molecule has 2 saturated heterocycles. The molecule has 0 aliphatic carbocycles. The summed E-state index contributed by atoms with van der Waals surface area (Å²) in [5.74, 6) is 1.01. The highest BCUT2D eigenvalue weighted by molar-refractivity contribution is 8.01. The topological polar surface area (TPSA) is 75.2 Å². The molecule has 3 aromatic rings. The molecule has 1 N–H and O–H groups in total. The van der Waals surface area contributed by atoms with Gasteiger partial charge in [0.1, 0.15) is 0 Å². The lowest BCUT2D eigenvalue weighted by atomic mass is 9.94. The minimum atomic E-state index is -3.44. The lowest BCUT2D eigenvalue weighted by molar-refractivity contribution is 0.219. The standard InChI is InChI=1S/C19H20N4O2S3/c24-28(25,16-3-4-17-18(6-16)26-13-22-17)23-11-19(12-23)7-15(10-27-19)21-9-14-2-1-5-20-8-14/h1-6,8,13,15,21H,7,9-12H2. The monoisotopic (exact) mass is 432 g/mol. The van der Waals surface area contributed by atoms with E-state index in [1.165, 1.54) is 16.9 Å². The third kappa shape index (κ3) is 3.35. The molecule has 146 valence electrons. The van der Waals surface area contributed by atoms with Crippen molar-refractivity contribution in [1.82, 2.24) is 19.6 Å².